The Balaban J connectivity index is 1.59. The molecule has 0 radical (unpaired) electrons. The van der Waals surface area contributed by atoms with Crippen LogP contribution in [0.2, 0.25) is 0 Å². The third-order valence-electron chi connectivity index (χ3n) is 5.58. The number of hydrogen-bond acceptors (Lipinski definition) is 7. The minimum absolute atomic E-state index is 0.0304. The Morgan fingerprint density at radius 1 is 1.30 bits per heavy atom. The van der Waals surface area contributed by atoms with Gasteiger partial charge in [0, 0.05) is 19.0 Å². The molecular formula is C20H25N3O7. The molecule has 10 heteroatoms. The van der Waals surface area contributed by atoms with Crippen LogP contribution in [-0.2, 0) is 19.1 Å². The minimum atomic E-state index is -1.17. The first kappa shape index (κ1) is 21.5. The topological polar surface area (TPSA) is 128 Å². The molecule has 1 saturated heterocycles. The van der Waals surface area contributed by atoms with Gasteiger partial charge in [-0.1, -0.05) is 12.8 Å². The summed E-state index contributed by atoms with van der Waals surface area (Å²) in [6.45, 7) is 1.69. The molecule has 2 aliphatic rings. The van der Waals surface area contributed by atoms with E-state index in [1.807, 2.05) is 0 Å². The lowest BCUT2D eigenvalue weighted by atomic mass is 10.1. The van der Waals surface area contributed by atoms with Crippen molar-refractivity contribution >= 4 is 29.2 Å². The zero-order valence-electron chi connectivity index (χ0n) is 17.0. The van der Waals surface area contributed by atoms with Gasteiger partial charge < -0.3 is 19.7 Å². The van der Waals surface area contributed by atoms with Crippen LogP contribution in [0.15, 0.2) is 18.2 Å². The summed E-state index contributed by atoms with van der Waals surface area (Å²) in [6.07, 6.45) is 2.97. The van der Waals surface area contributed by atoms with Gasteiger partial charge in [-0.05, 0) is 31.9 Å². The van der Waals surface area contributed by atoms with E-state index >= 15 is 0 Å². The number of rotatable bonds is 7. The van der Waals surface area contributed by atoms with E-state index in [1.165, 1.54) is 32.2 Å². The zero-order valence-corrected chi connectivity index (χ0v) is 17.0. The molecular weight excluding hydrogens is 394 g/mol. The highest BCUT2D eigenvalue weighted by molar-refractivity contribution is 5.97. The Labute approximate surface area is 173 Å². The summed E-state index contributed by atoms with van der Waals surface area (Å²) in [7, 11) is 1.38. The van der Waals surface area contributed by atoms with E-state index < -0.39 is 28.8 Å². The lowest BCUT2D eigenvalue weighted by Gasteiger charge is -2.24. The Morgan fingerprint density at radius 2 is 2.00 bits per heavy atom. The maximum absolute atomic E-state index is 12.5. The Morgan fingerprint density at radius 3 is 2.63 bits per heavy atom. The number of esters is 1. The summed E-state index contributed by atoms with van der Waals surface area (Å²) in [5.74, 6) is -1.71. The second kappa shape index (κ2) is 9.10. The first-order valence-corrected chi connectivity index (χ1v) is 9.93. The normalized spacial score (nSPS) is 20.1. The van der Waals surface area contributed by atoms with E-state index in [9.17, 15) is 24.5 Å². The summed E-state index contributed by atoms with van der Waals surface area (Å²) < 4.78 is 10.2. The van der Waals surface area contributed by atoms with Crippen LogP contribution in [0.3, 0.4) is 0 Å². The third-order valence-corrected chi connectivity index (χ3v) is 5.58. The largest absolute Gasteiger partial charge is 0.496 e. The number of benzene rings is 1. The predicted octanol–water partition coefficient (Wildman–Crippen LogP) is 2.26. The minimum Gasteiger partial charge on any atom is -0.496 e. The highest BCUT2D eigenvalue weighted by atomic mass is 16.6. The molecule has 1 heterocycles. The smallest absolute Gasteiger partial charge is 0.312 e. The fourth-order valence-electron chi connectivity index (χ4n) is 3.91. The Kier molecular flexibility index (Phi) is 6.53. The van der Waals surface area contributed by atoms with Gasteiger partial charge in [-0.15, -0.1) is 0 Å². The molecule has 30 heavy (non-hydrogen) atoms. The van der Waals surface area contributed by atoms with Gasteiger partial charge in [0.25, 0.3) is 11.6 Å². The van der Waals surface area contributed by atoms with Gasteiger partial charge in [-0.2, -0.15) is 0 Å². The van der Waals surface area contributed by atoms with E-state index in [0.29, 0.717) is 6.54 Å². The molecule has 1 aliphatic carbocycles. The number of nitro groups is 1. The zero-order chi connectivity index (χ0) is 21.8. The maximum atomic E-state index is 12.5. The summed E-state index contributed by atoms with van der Waals surface area (Å²) in [5.41, 5.74) is -0.369. The first-order chi connectivity index (χ1) is 14.3. The van der Waals surface area contributed by atoms with Crippen molar-refractivity contribution < 1.29 is 28.8 Å². The maximum Gasteiger partial charge on any atom is 0.312 e. The van der Waals surface area contributed by atoms with E-state index in [2.05, 4.69) is 5.32 Å². The molecule has 162 valence electrons. The van der Waals surface area contributed by atoms with E-state index in [4.69, 9.17) is 9.47 Å². The van der Waals surface area contributed by atoms with Crippen molar-refractivity contribution in [2.75, 3.05) is 19.0 Å². The molecule has 0 bridgehead atoms. The van der Waals surface area contributed by atoms with Gasteiger partial charge in [0.15, 0.2) is 6.10 Å². The van der Waals surface area contributed by atoms with Gasteiger partial charge in [0.1, 0.15) is 11.4 Å². The van der Waals surface area contributed by atoms with Crippen LogP contribution in [0.25, 0.3) is 0 Å². The van der Waals surface area contributed by atoms with Crippen LogP contribution in [0.5, 0.6) is 5.75 Å². The van der Waals surface area contributed by atoms with Crippen LogP contribution in [-0.4, -0.2) is 53.4 Å². The molecule has 2 fully saturated rings. The summed E-state index contributed by atoms with van der Waals surface area (Å²) in [5, 5.41) is 13.7. The summed E-state index contributed by atoms with van der Waals surface area (Å²) in [4.78, 5) is 49.5. The number of nitrogens with one attached hydrogen (secondary N) is 1. The summed E-state index contributed by atoms with van der Waals surface area (Å²) in [6, 6.07) is 4.19. The molecule has 2 atom stereocenters. The Bertz CT molecular complexity index is 851. The molecule has 10 nitrogen and oxygen atoms in total. The molecule has 1 aromatic rings. The first-order valence-electron chi connectivity index (χ1n) is 9.93. The number of carbonyl (C=O) groups excluding carboxylic acids is 3. The van der Waals surface area contributed by atoms with Crippen LogP contribution >= 0.6 is 0 Å². The van der Waals surface area contributed by atoms with Gasteiger partial charge >= 0.3 is 5.97 Å². The van der Waals surface area contributed by atoms with Crippen molar-refractivity contribution in [1.82, 2.24) is 4.90 Å². The van der Waals surface area contributed by atoms with E-state index in [-0.39, 0.29) is 35.5 Å². The number of anilines is 1. The number of methoxy groups -OCH3 is 1. The van der Waals surface area contributed by atoms with Crippen molar-refractivity contribution in [3.8, 4) is 5.75 Å². The molecule has 1 aromatic carbocycles. The number of hydrogen-bond donors (Lipinski definition) is 1. The number of amides is 2. The van der Waals surface area contributed by atoms with Crippen LogP contribution in [0.4, 0.5) is 11.4 Å². The number of nitrogens with zero attached hydrogens (tertiary/aromatic N) is 2. The van der Waals surface area contributed by atoms with Crippen molar-refractivity contribution in [3.63, 3.8) is 0 Å². The molecule has 2 amide bonds. The second-order valence-electron chi connectivity index (χ2n) is 7.59. The van der Waals surface area contributed by atoms with E-state index in [0.717, 1.165) is 25.7 Å². The standard InChI is InChI=1S/C20H25N3O7/c1-12(19(25)21-16-8-7-15(29-2)10-17(16)23(27)28)30-20(26)13-9-18(24)22(11-13)14-5-3-4-6-14/h7-8,10,12-14H,3-6,9,11H2,1-2H3,(H,21,25)/t12-,13+/m0/s1. The van der Waals surface area contributed by atoms with Crippen molar-refractivity contribution in [3.05, 3.63) is 28.3 Å². The lowest BCUT2D eigenvalue weighted by molar-refractivity contribution is -0.384. The molecule has 1 N–H and O–H groups in total. The Hall–Kier alpha value is -3.17. The lowest BCUT2D eigenvalue weighted by Crippen LogP contribution is -2.36. The molecule has 0 unspecified atom stereocenters. The number of nitro benzene ring substituents is 1. The third kappa shape index (κ3) is 4.69. The van der Waals surface area contributed by atoms with Gasteiger partial charge in [0.2, 0.25) is 5.91 Å². The average molecular weight is 419 g/mol. The van der Waals surface area contributed by atoms with Crippen LogP contribution in [0, 0.1) is 16.0 Å². The molecule has 0 spiro atoms. The van der Waals surface area contributed by atoms with Crippen LogP contribution in [0.1, 0.15) is 39.0 Å². The SMILES string of the molecule is COc1ccc(NC(=O)[C@H](C)OC(=O)[C@@H]2CC(=O)N(C3CCCC3)C2)c([N+](=O)[O-])c1. The number of carbonyl (C=O) groups is 3. The van der Waals surface area contributed by atoms with Gasteiger partial charge in [-0.25, -0.2) is 0 Å². The van der Waals surface area contributed by atoms with Crippen molar-refractivity contribution in [2.45, 2.75) is 51.2 Å². The summed E-state index contributed by atoms with van der Waals surface area (Å²) >= 11 is 0. The molecule has 3 rings (SSSR count). The average Bonchev–Trinajstić information content (AvgIpc) is 3.37. The van der Waals surface area contributed by atoms with Crippen molar-refractivity contribution in [1.29, 1.82) is 0 Å². The second-order valence-corrected chi connectivity index (χ2v) is 7.59. The number of likely N-dealkylation sites (tertiary alicyclic amines) is 1. The van der Waals surface area contributed by atoms with Crippen LogP contribution < -0.4 is 10.1 Å². The predicted molar refractivity (Wildman–Crippen MR) is 106 cm³/mol. The molecule has 0 aromatic heterocycles. The highest BCUT2D eigenvalue weighted by Crippen LogP contribution is 2.31. The molecule has 1 saturated carbocycles. The van der Waals surface area contributed by atoms with E-state index in [1.54, 1.807) is 4.90 Å². The fourth-order valence-corrected chi connectivity index (χ4v) is 3.91. The highest BCUT2D eigenvalue weighted by Gasteiger charge is 2.40. The van der Waals surface area contributed by atoms with Gasteiger partial charge in [-0.3, -0.25) is 24.5 Å². The number of ether oxygens (including phenoxy) is 2. The quantitative estimate of drug-likeness (QED) is 0.408. The molecule has 1 aliphatic heterocycles. The van der Waals surface area contributed by atoms with Gasteiger partial charge in [0.05, 0.1) is 24.0 Å². The monoisotopic (exact) mass is 419 g/mol. The van der Waals surface area contributed by atoms with Crippen molar-refractivity contribution in [2.24, 2.45) is 5.92 Å². The fraction of sp³-hybridized carbons (Fsp3) is 0.550.